The van der Waals surface area contributed by atoms with Crippen LogP contribution in [0.2, 0.25) is 0 Å². The van der Waals surface area contributed by atoms with Crippen molar-refractivity contribution < 1.29 is 13.9 Å². The third-order valence-corrected chi connectivity index (χ3v) is 2.33. The smallest absolute Gasteiger partial charge is 0.230 e. The van der Waals surface area contributed by atoms with Crippen molar-refractivity contribution in [3.8, 4) is 11.6 Å². The molecule has 0 unspecified atom stereocenters. The normalized spacial score (nSPS) is 9.85. The van der Waals surface area contributed by atoms with Crippen molar-refractivity contribution in [2.75, 3.05) is 13.7 Å². The molecular formula is C8H9FINO2. The minimum absolute atomic E-state index is 0.204. The lowest BCUT2D eigenvalue weighted by Crippen LogP contribution is -2.01. The van der Waals surface area contributed by atoms with Crippen molar-refractivity contribution in [2.24, 2.45) is 0 Å². The maximum absolute atomic E-state index is 13.1. The average molecular weight is 297 g/mol. The molecule has 0 saturated carbocycles. The summed E-state index contributed by atoms with van der Waals surface area (Å²) < 4.78 is 23.7. The Labute approximate surface area is 89.4 Å². The second-order valence-corrected chi connectivity index (χ2v) is 3.27. The summed E-state index contributed by atoms with van der Waals surface area (Å²) in [6, 6.07) is 0. The SMILES string of the molecule is CCOc1c(F)cnc(OC)c1I. The highest BCUT2D eigenvalue weighted by molar-refractivity contribution is 14.1. The van der Waals surface area contributed by atoms with Gasteiger partial charge in [0.2, 0.25) is 5.88 Å². The second kappa shape index (κ2) is 4.59. The number of rotatable bonds is 3. The van der Waals surface area contributed by atoms with Crippen molar-refractivity contribution >= 4 is 22.6 Å². The van der Waals surface area contributed by atoms with E-state index in [1.807, 2.05) is 22.6 Å². The maximum atomic E-state index is 13.1. The standard InChI is InChI=1S/C8H9FINO2/c1-3-13-7-5(9)4-11-8(12-2)6(7)10/h4H,3H2,1-2H3. The van der Waals surface area contributed by atoms with Gasteiger partial charge in [-0.05, 0) is 29.5 Å². The molecule has 0 aliphatic heterocycles. The van der Waals surface area contributed by atoms with E-state index in [0.29, 0.717) is 16.1 Å². The minimum atomic E-state index is -0.466. The van der Waals surface area contributed by atoms with Crippen LogP contribution in [0, 0.1) is 9.39 Å². The first kappa shape index (κ1) is 10.5. The summed E-state index contributed by atoms with van der Waals surface area (Å²) in [6.07, 6.45) is 1.09. The number of pyridine rings is 1. The molecule has 1 rings (SSSR count). The van der Waals surface area contributed by atoms with Crippen molar-refractivity contribution in [1.82, 2.24) is 4.98 Å². The van der Waals surface area contributed by atoms with Crippen LogP contribution in [0.1, 0.15) is 6.92 Å². The number of ether oxygens (including phenoxy) is 2. The van der Waals surface area contributed by atoms with E-state index in [1.165, 1.54) is 7.11 Å². The van der Waals surface area contributed by atoms with E-state index in [2.05, 4.69) is 4.98 Å². The molecule has 0 fully saturated rings. The molecule has 0 aliphatic rings. The molecule has 0 amide bonds. The summed E-state index contributed by atoms with van der Waals surface area (Å²) >= 11 is 1.94. The van der Waals surface area contributed by atoms with Crippen molar-refractivity contribution in [3.63, 3.8) is 0 Å². The Morgan fingerprint density at radius 3 is 2.85 bits per heavy atom. The third-order valence-electron chi connectivity index (χ3n) is 1.38. The maximum Gasteiger partial charge on any atom is 0.230 e. The Bertz CT molecular complexity index is 306. The zero-order valence-corrected chi connectivity index (χ0v) is 9.46. The van der Waals surface area contributed by atoms with E-state index in [0.717, 1.165) is 6.20 Å². The molecule has 1 aromatic rings. The van der Waals surface area contributed by atoms with Crippen molar-refractivity contribution in [2.45, 2.75) is 6.92 Å². The number of nitrogens with zero attached hydrogens (tertiary/aromatic N) is 1. The van der Waals surface area contributed by atoms with Gasteiger partial charge in [-0.3, -0.25) is 0 Å². The summed E-state index contributed by atoms with van der Waals surface area (Å²) in [6.45, 7) is 2.21. The quantitative estimate of drug-likeness (QED) is 0.802. The molecular weight excluding hydrogens is 288 g/mol. The summed E-state index contributed by atoms with van der Waals surface area (Å²) in [5, 5.41) is 0. The lowest BCUT2D eigenvalue weighted by atomic mass is 10.4. The monoisotopic (exact) mass is 297 g/mol. The molecule has 0 atom stereocenters. The predicted octanol–water partition coefficient (Wildman–Crippen LogP) is 2.23. The Hall–Kier alpha value is -0.590. The molecule has 0 aliphatic carbocycles. The molecule has 0 spiro atoms. The first-order valence-corrected chi connectivity index (χ1v) is 4.79. The number of hydrogen-bond donors (Lipinski definition) is 0. The van der Waals surface area contributed by atoms with Gasteiger partial charge in [0, 0.05) is 0 Å². The van der Waals surface area contributed by atoms with E-state index in [1.54, 1.807) is 6.92 Å². The summed E-state index contributed by atoms with van der Waals surface area (Å²) in [4.78, 5) is 3.75. The zero-order chi connectivity index (χ0) is 9.84. The average Bonchev–Trinajstić information content (AvgIpc) is 2.12. The molecule has 13 heavy (non-hydrogen) atoms. The van der Waals surface area contributed by atoms with Gasteiger partial charge >= 0.3 is 0 Å². The largest absolute Gasteiger partial charge is 0.489 e. The molecule has 1 heterocycles. The highest BCUT2D eigenvalue weighted by atomic mass is 127. The van der Waals surface area contributed by atoms with Gasteiger partial charge in [-0.15, -0.1) is 0 Å². The number of methoxy groups -OCH3 is 1. The Balaban J connectivity index is 3.13. The molecule has 3 nitrogen and oxygen atoms in total. The van der Waals surface area contributed by atoms with Crippen LogP contribution in [-0.2, 0) is 0 Å². The van der Waals surface area contributed by atoms with Gasteiger partial charge in [-0.25, -0.2) is 9.37 Å². The molecule has 0 aromatic carbocycles. The van der Waals surface area contributed by atoms with E-state index >= 15 is 0 Å². The highest BCUT2D eigenvalue weighted by Crippen LogP contribution is 2.30. The molecule has 0 radical (unpaired) electrons. The van der Waals surface area contributed by atoms with Gasteiger partial charge in [0.15, 0.2) is 11.6 Å². The van der Waals surface area contributed by atoms with Gasteiger partial charge in [0.1, 0.15) is 3.57 Å². The van der Waals surface area contributed by atoms with E-state index in [4.69, 9.17) is 9.47 Å². The summed E-state index contributed by atoms with van der Waals surface area (Å²) in [5.74, 6) is 0.118. The fraction of sp³-hybridized carbons (Fsp3) is 0.375. The van der Waals surface area contributed by atoms with Crippen LogP contribution in [0.15, 0.2) is 6.20 Å². The van der Waals surface area contributed by atoms with E-state index < -0.39 is 5.82 Å². The van der Waals surface area contributed by atoms with Crippen LogP contribution >= 0.6 is 22.6 Å². The fourth-order valence-electron chi connectivity index (χ4n) is 0.852. The number of halogens is 2. The van der Waals surface area contributed by atoms with Crippen LogP contribution in [0.25, 0.3) is 0 Å². The Morgan fingerprint density at radius 2 is 2.31 bits per heavy atom. The Morgan fingerprint density at radius 1 is 1.62 bits per heavy atom. The van der Waals surface area contributed by atoms with Crippen LogP contribution in [0.3, 0.4) is 0 Å². The molecule has 5 heteroatoms. The van der Waals surface area contributed by atoms with Crippen LogP contribution < -0.4 is 9.47 Å². The first-order chi connectivity index (χ1) is 6.20. The van der Waals surface area contributed by atoms with Crippen molar-refractivity contribution in [3.05, 3.63) is 15.6 Å². The van der Waals surface area contributed by atoms with Gasteiger partial charge in [-0.2, -0.15) is 0 Å². The van der Waals surface area contributed by atoms with Crippen LogP contribution in [-0.4, -0.2) is 18.7 Å². The lowest BCUT2D eigenvalue weighted by molar-refractivity contribution is 0.310. The minimum Gasteiger partial charge on any atom is -0.489 e. The van der Waals surface area contributed by atoms with Crippen LogP contribution in [0.5, 0.6) is 11.6 Å². The third kappa shape index (κ3) is 2.20. The van der Waals surface area contributed by atoms with E-state index in [-0.39, 0.29) is 5.75 Å². The molecule has 72 valence electrons. The molecule has 0 saturated heterocycles. The lowest BCUT2D eigenvalue weighted by Gasteiger charge is -2.08. The van der Waals surface area contributed by atoms with Gasteiger partial charge in [0.25, 0.3) is 0 Å². The predicted molar refractivity (Wildman–Crippen MR) is 54.6 cm³/mol. The Kier molecular flexibility index (Phi) is 3.71. The number of aromatic nitrogens is 1. The number of hydrogen-bond acceptors (Lipinski definition) is 3. The summed E-state index contributed by atoms with van der Waals surface area (Å²) in [5.41, 5.74) is 0. The van der Waals surface area contributed by atoms with Crippen LogP contribution in [0.4, 0.5) is 4.39 Å². The van der Waals surface area contributed by atoms with E-state index in [9.17, 15) is 4.39 Å². The summed E-state index contributed by atoms with van der Waals surface area (Å²) in [7, 11) is 1.48. The van der Waals surface area contributed by atoms with Gasteiger partial charge in [-0.1, -0.05) is 0 Å². The molecule has 0 N–H and O–H groups in total. The van der Waals surface area contributed by atoms with Gasteiger partial charge < -0.3 is 9.47 Å². The zero-order valence-electron chi connectivity index (χ0n) is 7.30. The fourth-order valence-corrected chi connectivity index (χ4v) is 1.62. The highest BCUT2D eigenvalue weighted by Gasteiger charge is 2.13. The molecule has 1 aromatic heterocycles. The molecule has 0 bridgehead atoms. The first-order valence-electron chi connectivity index (χ1n) is 3.71. The van der Waals surface area contributed by atoms with Crippen molar-refractivity contribution in [1.29, 1.82) is 0 Å². The van der Waals surface area contributed by atoms with Gasteiger partial charge in [0.05, 0.1) is 19.9 Å². The topological polar surface area (TPSA) is 31.4 Å². The second-order valence-electron chi connectivity index (χ2n) is 2.19.